The van der Waals surface area contributed by atoms with Gasteiger partial charge in [-0.1, -0.05) is 32.6 Å². The highest BCUT2D eigenvalue weighted by molar-refractivity contribution is 6.11. The van der Waals surface area contributed by atoms with Crippen LogP contribution in [0, 0.1) is 11.8 Å². The normalized spacial score (nSPS) is 28.2. The van der Waals surface area contributed by atoms with E-state index in [1.54, 1.807) is 6.08 Å². The lowest BCUT2D eigenvalue weighted by Gasteiger charge is -2.08. The topological polar surface area (TPSA) is 51.2 Å². The summed E-state index contributed by atoms with van der Waals surface area (Å²) in [6, 6.07) is 3.86. The Morgan fingerprint density at radius 3 is 2.92 bits per heavy atom. The summed E-state index contributed by atoms with van der Waals surface area (Å²) < 4.78 is 5.83. The number of fused-ring (bicyclic) bond motifs is 3. The summed E-state index contributed by atoms with van der Waals surface area (Å²) in [4.78, 5) is 16.9. The first-order chi connectivity index (χ1) is 11.7. The van der Waals surface area contributed by atoms with E-state index in [0.717, 1.165) is 28.2 Å². The van der Waals surface area contributed by atoms with Crippen LogP contribution < -0.4 is 5.32 Å². The van der Waals surface area contributed by atoms with E-state index >= 15 is 0 Å². The summed E-state index contributed by atoms with van der Waals surface area (Å²) >= 11 is 0. The van der Waals surface area contributed by atoms with Gasteiger partial charge in [-0.05, 0) is 36.5 Å². The number of rotatable bonds is 1. The summed E-state index contributed by atoms with van der Waals surface area (Å²) in [6.07, 6.45) is 7.30. The molecule has 0 radical (unpaired) electrons. The van der Waals surface area contributed by atoms with E-state index in [1.807, 2.05) is 26.0 Å². The Morgan fingerprint density at radius 1 is 1.33 bits per heavy atom. The Kier molecular flexibility index (Phi) is 3.41. The number of amides is 1. The second kappa shape index (κ2) is 5.48. The third kappa shape index (κ3) is 2.13. The predicted octanol–water partition coefficient (Wildman–Crippen LogP) is 3.83. The zero-order valence-electron chi connectivity index (χ0n) is 13.9. The minimum atomic E-state index is -0.0746. The number of nitrogens with zero attached hydrogens (tertiary/aromatic N) is 1. The fraction of sp³-hybridized carbons (Fsp3) is 0.300. The first-order valence-corrected chi connectivity index (χ1v) is 8.50. The third-order valence-electron chi connectivity index (χ3n) is 4.72. The van der Waals surface area contributed by atoms with Crippen LogP contribution in [0.3, 0.4) is 0 Å². The molecule has 2 fully saturated rings. The maximum absolute atomic E-state index is 12.4. The molecule has 4 heteroatoms. The van der Waals surface area contributed by atoms with Crippen LogP contribution in [0.2, 0.25) is 0 Å². The van der Waals surface area contributed by atoms with Crippen molar-refractivity contribution in [2.75, 3.05) is 0 Å². The highest BCUT2D eigenvalue weighted by Gasteiger charge is 2.43. The van der Waals surface area contributed by atoms with Crippen LogP contribution >= 0.6 is 0 Å². The lowest BCUT2D eigenvalue weighted by molar-refractivity contribution is -0.115. The molecule has 1 aromatic rings. The van der Waals surface area contributed by atoms with Crippen LogP contribution in [-0.2, 0) is 16.1 Å². The predicted molar refractivity (Wildman–Crippen MR) is 95.4 cm³/mol. The van der Waals surface area contributed by atoms with Crippen molar-refractivity contribution in [3.05, 3.63) is 64.7 Å². The summed E-state index contributed by atoms with van der Waals surface area (Å²) in [7, 11) is 0. The number of carbonyl (C=O) groups excluding carboxylic acids is 1. The molecule has 1 N–H and O–H groups in total. The van der Waals surface area contributed by atoms with Crippen LogP contribution in [0.15, 0.2) is 47.7 Å². The number of hydrogen-bond donors (Lipinski definition) is 1. The largest absolute Gasteiger partial charge is 0.486 e. The fourth-order valence-corrected chi connectivity index (χ4v) is 3.46. The van der Waals surface area contributed by atoms with E-state index < -0.39 is 0 Å². The molecule has 1 saturated heterocycles. The molecule has 2 atom stereocenters. The molecule has 2 unspecified atom stereocenters. The van der Waals surface area contributed by atoms with Crippen molar-refractivity contribution in [1.82, 2.24) is 10.3 Å². The first kappa shape index (κ1) is 14.9. The van der Waals surface area contributed by atoms with Crippen molar-refractivity contribution in [2.45, 2.75) is 26.9 Å². The molecule has 2 aliphatic carbocycles. The highest BCUT2D eigenvalue weighted by Crippen LogP contribution is 2.50. The number of aromatic nitrogens is 1. The van der Waals surface area contributed by atoms with Gasteiger partial charge in [-0.15, -0.1) is 0 Å². The van der Waals surface area contributed by atoms with E-state index in [1.165, 1.54) is 6.42 Å². The van der Waals surface area contributed by atoms with Gasteiger partial charge in [0.05, 0.1) is 17.0 Å². The lowest BCUT2D eigenvalue weighted by atomic mass is 9.97. The van der Waals surface area contributed by atoms with Gasteiger partial charge in [0.25, 0.3) is 5.91 Å². The van der Waals surface area contributed by atoms with E-state index in [0.29, 0.717) is 29.8 Å². The van der Waals surface area contributed by atoms with E-state index in [9.17, 15) is 4.79 Å². The van der Waals surface area contributed by atoms with Crippen molar-refractivity contribution in [1.29, 1.82) is 0 Å². The van der Waals surface area contributed by atoms with E-state index in [-0.39, 0.29) is 7.33 Å². The van der Waals surface area contributed by atoms with Gasteiger partial charge >= 0.3 is 0 Å². The van der Waals surface area contributed by atoms with Crippen molar-refractivity contribution in [2.24, 2.45) is 11.8 Å². The Labute approximate surface area is 143 Å². The molecule has 124 valence electrons. The van der Waals surface area contributed by atoms with E-state index in [4.69, 9.17) is 4.74 Å². The fourth-order valence-electron chi connectivity index (χ4n) is 3.46. The van der Waals surface area contributed by atoms with Gasteiger partial charge < -0.3 is 10.1 Å². The van der Waals surface area contributed by atoms with Crippen LogP contribution in [-0.4, -0.2) is 10.9 Å². The quantitative estimate of drug-likeness (QED) is 0.800. The molecule has 4 nitrogen and oxygen atoms in total. The minimum absolute atomic E-state index is 0. The Bertz CT molecular complexity index is 851. The standard InChI is InChI=1S/C18H14N2O2.C2H6.H2/c1-2-11-3-4-12-15(19-11)8-22-17(12)16-13-6-9-5-10(9)7-14(13)20-18(16)21;1-2;/h2-4,6-7,9-10H,1,5,8H2,(H,20,21);1-2H3;1H/b17-16+;;. The summed E-state index contributed by atoms with van der Waals surface area (Å²) in [5.41, 5.74) is 5.20. The van der Waals surface area contributed by atoms with Crippen LogP contribution in [0.1, 0.15) is 38.6 Å². The van der Waals surface area contributed by atoms with Gasteiger partial charge in [0.2, 0.25) is 0 Å². The SMILES string of the molecule is C=Cc1ccc2c(n1)CO/C2=C1/C(=O)NC2=CC3CC3C=C21.CC.[HH]. The smallest absolute Gasteiger partial charge is 0.260 e. The average molecular weight is 322 g/mol. The van der Waals surface area contributed by atoms with Gasteiger partial charge in [0, 0.05) is 18.3 Å². The molecule has 0 bridgehead atoms. The first-order valence-electron chi connectivity index (χ1n) is 8.50. The second-order valence-corrected chi connectivity index (χ2v) is 6.11. The van der Waals surface area contributed by atoms with Gasteiger partial charge in [-0.2, -0.15) is 0 Å². The maximum atomic E-state index is 12.4. The maximum Gasteiger partial charge on any atom is 0.260 e. The number of allylic oxidation sites excluding steroid dienone is 3. The highest BCUT2D eigenvalue weighted by atomic mass is 16.5. The van der Waals surface area contributed by atoms with Crippen molar-refractivity contribution < 1.29 is 11.0 Å². The summed E-state index contributed by atoms with van der Waals surface area (Å²) in [6.45, 7) is 8.14. The Morgan fingerprint density at radius 2 is 2.12 bits per heavy atom. The second-order valence-electron chi connectivity index (χ2n) is 6.11. The number of pyridine rings is 1. The molecule has 1 amide bonds. The lowest BCUT2D eigenvalue weighted by Crippen LogP contribution is -2.14. The number of ether oxygens (including phenoxy) is 1. The molecule has 4 aliphatic rings. The van der Waals surface area contributed by atoms with Gasteiger partial charge in [0.1, 0.15) is 12.4 Å². The molecule has 0 spiro atoms. The molecular weight excluding hydrogens is 300 g/mol. The number of hydrogen-bond acceptors (Lipinski definition) is 3. The summed E-state index contributed by atoms with van der Waals surface area (Å²) in [5.74, 6) is 1.78. The van der Waals surface area contributed by atoms with Gasteiger partial charge in [0.15, 0.2) is 0 Å². The van der Waals surface area contributed by atoms with Gasteiger partial charge in [-0.3, -0.25) is 4.79 Å². The molecule has 2 aliphatic heterocycles. The monoisotopic (exact) mass is 322 g/mol. The van der Waals surface area contributed by atoms with Crippen molar-refractivity contribution in [3.8, 4) is 0 Å². The van der Waals surface area contributed by atoms with Crippen molar-refractivity contribution in [3.63, 3.8) is 0 Å². The molecule has 3 heterocycles. The molecule has 5 rings (SSSR count). The van der Waals surface area contributed by atoms with Crippen LogP contribution in [0.5, 0.6) is 0 Å². The third-order valence-corrected chi connectivity index (χ3v) is 4.72. The molecule has 1 saturated carbocycles. The molecule has 0 aromatic carbocycles. The molecule has 24 heavy (non-hydrogen) atoms. The zero-order chi connectivity index (χ0) is 16.8. The van der Waals surface area contributed by atoms with Gasteiger partial charge in [-0.25, -0.2) is 4.98 Å². The van der Waals surface area contributed by atoms with Crippen LogP contribution in [0.4, 0.5) is 0 Å². The summed E-state index contributed by atoms with van der Waals surface area (Å²) in [5, 5.41) is 2.97. The Balaban J connectivity index is 0.000000588. The number of carbonyl (C=O) groups is 1. The van der Waals surface area contributed by atoms with E-state index in [2.05, 4.69) is 29.0 Å². The van der Waals surface area contributed by atoms with Crippen LogP contribution in [0.25, 0.3) is 11.8 Å². The average Bonchev–Trinajstić information content (AvgIpc) is 3.13. The molecular formula is C20H22N2O2. The zero-order valence-corrected chi connectivity index (χ0v) is 13.9. The number of nitrogens with one attached hydrogen (secondary N) is 1. The Hall–Kier alpha value is -2.62. The molecule has 1 aromatic heterocycles. The van der Waals surface area contributed by atoms with Crippen molar-refractivity contribution >= 4 is 17.7 Å². The minimum Gasteiger partial charge on any atom is -0.486 e.